The number of aryl methyl sites for hydroxylation is 1. The van der Waals surface area contributed by atoms with Crippen molar-refractivity contribution >= 4 is 43.0 Å². The Balaban J connectivity index is 1.90. The number of fused-ring (bicyclic) bond motifs is 1. The number of carbonyl (C=O) groups excluding carboxylic acids is 1. The molecule has 7 heteroatoms. The smallest absolute Gasteiger partial charge is 0.255 e. The fraction of sp³-hybridized carbons (Fsp3) is 0.0625. The maximum atomic E-state index is 12.3. The number of anilines is 1. The first-order valence-electron chi connectivity index (χ1n) is 6.77. The number of carbonyl (C=O) groups is 1. The number of hydrogen-bond donors (Lipinski definition) is 2. The van der Waals surface area contributed by atoms with E-state index in [-0.39, 0.29) is 10.8 Å². The van der Waals surface area contributed by atoms with E-state index in [1.165, 1.54) is 6.07 Å². The standard InChI is InChI=1S/C16H14N2O3S2/c1-10-2-4-13(9-15(10)23(17,20)21)18-16(19)12-3-5-14-11(8-12)6-7-22-14/h2-9H,1H3,(H,18,19)(H2,17,20,21). The summed E-state index contributed by atoms with van der Waals surface area (Å²) in [6.07, 6.45) is 0. The Morgan fingerprint density at radius 3 is 2.65 bits per heavy atom. The lowest BCUT2D eigenvalue weighted by atomic mass is 10.1. The summed E-state index contributed by atoms with van der Waals surface area (Å²) in [5.74, 6) is -0.303. The zero-order valence-electron chi connectivity index (χ0n) is 12.2. The largest absolute Gasteiger partial charge is 0.322 e. The van der Waals surface area contributed by atoms with Gasteiger partial charge >= 0.3 is 0 Å². The summed E-state index contributed by atoms with van der Waals surface area (Å²) in [6, 6.07) is 12.0. The van der Waals surface area contributed by atoms with Crippen molar-refractivity contribution < 1.29 is 13.2 Å². The molecule has 0 saturated carbocycles. The molecule has 1 amide bonds. The number of sulfonamides is 1. The molecule has 5 nitrogen and oxygen atoms in total. The molecule has 0 radical (unpaired) electrons. The van der Waals surface area contributed by atoms with E-state index in [0.717, 1.165) is 10.1 Å². The van der Waals surface area contributed by atoms with E-state index >= 15 is 0 Å². The lowest BCUT2D eigenvalue weighted by molar-refractivity contribution is 0.102. The Kier molecular flexibility index (Phi) is 3.93. The highest BCUT2D eigenvalue weighted by Gasteiger charge is 2.14. The van der Waals surface area contributed by atoms with Gasteiger partial charge in [-0.2, -0.15) is 0 Å². The number of nitrogens with one attached hydrogen (secondary N) is 1. The van der Waals surface area contributed by atoms with Gasteiger partial charge in [-0.1, -0.05) is 6.07 Å². The Morgan fingerprint density at radius 2 is 1.91 bits per heavy atom. The summed E-state index contributed by atoms with van der Waals surface area (Å²) in [7, 11) is -3.83. The predicted molar refractivity (Wildman–Crippen MR) is 92.3 cm³/mol. The van der Waals surface area contributed by atoms with Crippen LogP contribution in [0, 0.1) is 6.92 Å². The molecule has 0 fully saturated rings. The fourth-order valence-electron chi connectivity index (χ4n) is 2.30. The lowest BCUT2D eigenvalue weighted by Gasteiger charge is -2.09. The van der Waals surface area contributed by atoms with Gasteiger partial charge in [-0.05, 0) is 59.7 Å². The van der Waals surface area contributed by atoms with Gasteiger partial charge in [0.1, 0.15) is 0 Å². The van der Waals surface area contributed by atoms with E-state index < -0.39 is 10.0 Å². The molecule has 0 unspecified atom stereocenters. The second-order valence-corrected chi connectivity index (χ2v) is 7.63. The van der Waals surface area contributed by atoms with Crippen LogP contribution in [0.5, 0.6) is 0 Å². The molecule has 1 heterocycles. The highest BCUT2D eigenvalue weighted by atomic mass is 32.2. The van der Waals surface area contributed by atoms with Crippen molar-refractivity contribution in [3.05, 3.63) is 59.0 Å². The predicted octanol–water partition coefficient (Wildman–Crippen LogP) is 3.11. The zero-order valence-corrected chi connectivity index (χ0v) is 13.9. The molecule has 0 spiro atoms. The van der Waals surface area contributed by atoms with Crippen molar-refractivity contribution in [1.82, 2.24) is 0 Å². The highest BCUT2D eigenvalue weighted by molar-refractivity contribution is 7.89. The van der Waals surface area contributed by atoms with E-state index in [0.29, 0.717) is 16.8 Å². The Labute approximate surface area is 137 Å². The van der Waals surface area contributed by atoms with Crippen molar-refractivity contribution in [3.8, 4) is 0 Å². The second-order valence-electron chi connectivity index (χ2n) is 5.15. The molecule has 0 aliphatic rings. The van der Waals surface area contributed by atoms with Crippen LogP contribution in [-0.4, -0.2) is 14.3 Å². The molecule has 3 aromatic rings. The molecule has 23 heavy (non-hydrogen) atoms. The SMILES string of the molecule is Cc1ccc(NC(=O)c2ccc3sccc3c2)cc1S(N)(=O)=O. The van der Waals surface area contributed by atoms with Crippen molar-refractivity contribution in [1.29, 1.82) is 0 Å². The molecule has 0 aliphatic heterocycles. The molecule has 3 rings (SSSR count). The van der Waals surface area contributed by atoms with Gasteiger partial charge < -0.3 is 5.32 Å². The summed E-state index contributed by atoms with van der Waals surface area (Å²) in [5, 5.41) is 10.8. The molecular weight excluding hydrogens is 332 g/mol. The zero-order chi connectivity index (χ0) is 16.6. The maximum absolute atomic E-state index is 12.3. The van der Waals surface area contributed by atoms with E-state index in [4.69, 9.17) is 5.14 Å². The number of benzene rings is 2. The summed E-state index contributed by atoms with van der Waals surface area (Å²) in [4.78, 5) is 12.3. The number of rotatable bonds is 3. The second kappa shape index (κ2) is 5.77. The molecule has 1 aromatic heterocycles. The number of amides is 1. The van der Waals surface area contributed by atoms with Crippen LogP contribution in [-0.2, 0) is 10.0 Å². The van der Waals surface area contributed by atoms with Gasteiger partial charge in [-0.25, -0.2) is 13.6 Å². The van der Waals surface area contributed by atoms with Gasteiger partial charge in [0, 0.05) is 16.0 Å². The molecule has 0 saturated heterocycles. The average Bonchev–Trinajstić information content (AvgIpc) is 2.95. The van der Waals surface area contributed by atoms with Crippen LogP contribution in [0.4, 0.5) is 5.69 Å². The average molecular weight is 346 g/mol. The van der Waals surface area contributed by atoms with Crippen LogP contribution in [0.25, 0.3) is 10.1 Å². The molecule has 118 valence electrons. The van der Waals surface area contributed by atoms with Crippen LogP contribution in [0.1, 0.15) is 15.9 Å². The van der Waals surface area contributed by atoms with Gasteiger partial charge in [0.2, 0.25) is 10.0 Å². The van der Waals surface area contributed by atoms with Gasteiger partial charge in [0.15, 0.2) is 0 Å². The Morgan fingerprint density at radius 1 is 1.13 bits per heavy atom. The minimum absolute atomic E-state index is 0.00332. The summed E-state index contributed by atoms with van der Waals surface area (Å²) < 4.78 is 24.2. The van der Waals surface area contributed by atoms with Crippen molar-refractivity contribution in [3.63, 3.8) is 0 Å². The maximum Gasteiger partial charge on any atom is 0.255 e. The Hall–Kier alpha value is -2.22. The summed E-state index contributed by atoms with van der Waals surface area (Å²) in [5.41, 5.74) is 1.42. The number of primary sulfonamides is 1. The van der Waals surface area contributed by atoms with Gasteiger partial charge in [0.25, 0.3) is 5.91 Å². The van der Waals surface area contributed by atoms with Crippen molar-refractivity contribution in [2.75, 3.05) is 5.32 Å². The van der Waals surface area contributed by atoms with Crippen LogP contribution >= 0.6 is 11.3 Å². The quantitative estimate of drug-likeness (QED) is 0.763. The first kappa shape index (κ1) is 15.7. The van der Waals surface area contributed by atoms with Crippen LogP contribution in [0.2, 0.25) is 0 Å². The van der Waals surface area contributed by atoms with E-state index in [9.17, 15) is 13.2 Å². The topological polar surface area (TPSA) is 89.3 Å². The van der Waals surface area contributed by atoms with Gasteiger partial charge in [-0.15, -0.1) is 11.3 Å². The molecule has 2 aromatic carbocycles. The molecule has 3 N–H and O–H groups in total. The monoisotopic (exact) mass is 346 g/mol. The third kappa shape index (κ3) is 3.26. The normalized spacial score (nSPS) is 11.6. The third-order valence-electron chi connectivity index (χ3n) is 3.47. The highest BCUT2D eigenvalue weighted by Crippen LogP contribution is 2.23. The fourth-order valence-corrected chi connectivity index (χ4v) is 3.87. The van der Waals surface area contributed by atoms with Crippen LogP contribution < -0.4 is 10.5 Å². The number of hydrogen-bond acceptors (Lipinski definition) is 4. The Bertz CT molecular complexity index is 1010. The third-order valence-corrected chi connectivity index (χ3v) is 5.42. The minimum atomic E-state index is -3.83. The van der Waals surface area contributed by atoms with E-state index in [2.05, 4.69) is 5.32 Å². The molecule has 0 aliphatic carbocycles. The van der Waals surface area contributed by atoms with Crippen molar-refractivity contribution in [2.24, 2.45) is 5.14 Å². The van der Waals surface area contributed by atoms with Gasteiger partial charge in [0.05, 0.1) is 4.90 Å². The molecular formula is C16H14N2O3S2. The lowest BCUT2D eigenvalue weighted by Crippen LogP contribution is -2.16. The van der Waals surface area contributed by atoms with Gasteiger partial charge in [-0.3, -0.25) is 4.79 Å². The van der Waals surface area contributed by atoms with E-state index in [1.807, 2.05) is 17.5 Å². The van der Waals surface area contributed by atoms with Crippen LogP contribution in [0.3, 0.4) is 0 Å². The van der Waals surface area contributed by atoms with E-state index in [1.54, 1.807) is 42.5 Å². The summed E-state index contributed by atoms with van der Waals surface area (Å²) in [6.45, 7) is 1.65. The first-order chi connectivity index (χ1) is 10.8. The number of nitrogens with two attached hydrogens (primary N) is 1. The van der Waals surface area contributed by atoms with Crippen LogP contribution in [0.15, 0.2) is 52.7 Å². The summed E-state index contributed by atoms with van der Waals surface area (Å²) >= 11 is 1.61. The molecule has 0 bridgehead atoms. The minimum Gasteiger partial charge on any atom is -0.322 e. The molecule has 0 atom stereocenters. The first-order valence-corrected chi connectivity index (χ1v) is 9.19. The number of thiophene rings is 1. The van der Waals surface area contributed by atoms with Crippen molar-refractivity contribution in [2.45, 2.75) is 11.8 Å².